The highest BCUT2D eigenvalue weighted by Crippen LogP contribution is 2.41. The Labute approximate surface area is 176 Å². The second kappa shape index (κ2) is 7.32. The van der Waals surface area contributed by atoms with Crippen molar-refractivity contribution in [2.75, 3.05) is 0 Å². The monoisotopic (exact) mass is 409 g/mol. The quantitative estimate of drug-likeness (QED) is 0.561. The van der Waals surface area contributed by atoms with E-state index in [1.165, 1.54) is 0 Å². The molecule has 7 nitrogen and oxygen atoms in total. The van der Waals surface area contributed by atoms with Crippen molar-refractivity contribution < 1.29 is 5.11 Å². The highest BCUT2D eigenvalue weighted by atomic mass is 16.3. The Morgan fingerprint density at radius 1 is 1.27 bits per heavy atom. The molecule has 0 bridgehead atoms. The van der Waals surface area contributed by atoms with E-state index in [4.69, 9.17) is 10.1 Å². The van der Waals surface area contributed by atoms with Crippen LogP contribution in [0.2, 0.25) is 0 Å². The van der Waals surface area contributed by atoms with Crippen molar-refractivity contribution >= 4 is 11.0 Å². The van der Waals surface area contributed by atoms with Crippen molar-refractivity contribution in [2.45, 2.75) is 78.6 Å². The molecule has 0 saturated heterocycles. The van der Waals surface area contributed by atoms with Gasteiger partial charge in [0.05, 0.1) is 11.2 Å². The van der Waals surface area contributed by atoms with Crippen molar-refractivity contribution in [3.8, 4) is 0 Å². The molecule has 4 rings (SSSR count). The molecule has 3 N–H and O–H groups in total. The Bertz CT molecular complexity index is 1170. The van der Waals surface area contributed by atoms with Gasteiger partial charge in [-0.15, -0.1) is 0 Å². The number of nitrogens with one attached hydrogen (secondary N) is 2. The number of nitrogens with zero attached hydrogens (tertiary/aromatic N) is 3. The van der Waals surface area contributed by atoms with E-state index in [9.17, 15) is 9.90 Å². The van der Waals surface area contributed by atoms with Crippen LogP contribution in [0.1, 0.15) is 79.5 Å². The maximum atomic E-state index is 12.3. The zero-order valence-electron chi connectivity index (χ0n) is 18.6. The molecule has 1 saturated carbocycles. The van der Waals surface area contributed by atoms with Gasteiger partial charge in [-0.2, -0.15) is 5.10 Å². The fourth-order valence-corrected chi connectivity index (χ4v) is 4.02. The lowest BCUT2D eigenvalue weighted by Gasteiger charge is -2.21. The summed E-state index contributed by atoms with van der Waals surface area (Å²) in [5.74, 6) is 0.450. The van der Waals surface area contributed by atoms with E-state index < -0.39 is 6.23 Å². The van der Waals surface area contributed by atoms with Crippen molar-refractivity contribution in [2.24, 2.45) is 0 Å². The van der Waals surface area contributed by atoms with E-state index in [0.717, 1.165) is 52.1 Å². The Kier molecular flexibility index (Phi) is 5.06. The Hall–Kier alpha value is -2.51. The summed E-state index contributed by atoms with van der Waals surface area (Å²) in [7, 11) is 0. The van der Waals surface area contributed by atoms with Crippen LogP contribution < -0.4 is 10.9 Å². The molecule has 1 fully saturated rings. The molecule has 0 spiro atoms. The van der Waals surface area contributed by atoms with Crippen LogP contribution in [0.15, 0.2) is 16.9 Å². The second-order valence-electron chi connectivity index (χ2n) is 9.50. The minimum Gasteiger partial charge on any atom is -0.374 e. The van der Waals surface area contributed by atoms with Crippen LogP contribution in [0.5, 0.6) is 0 Å². The number of aromatic amines is 1. The number of hydrogen-bond donors (Lipinski definition) is 3. The summed E-state index contributed by atoms with van der Waals surface area (Å²) in [6.45, 7) is 12.3. The summed E-state index contributed by atoms with van der Waals surface area (Å²) in [4.78, 5) is 20.1. The Morgan fingerprint density at radius 3 is 2.57 bits per heavy atom. The maximum Gasteiger partial charge on any atom is 0.252 e. The predicted octanol–water partition coefficient (Wildman–Crippen LogP) is 3.46. The number of rotatable bonds is 5. The molecule has 1 unspecified atom stereocenters. The molecule has 0 radical (unpaired) electrons. The molecule has 1 atom stereocenters. The van der Waals surface area contributed by atoms with Crippen molar-refractivity contribution in [1.82, 2.24) is 25.1 Å². The van der Waals surface area contributed by atoms with E-state index in [0.29, 0.717) is 11.5 Å². The fourth-order valence-electron chi connectivity index (χ4n) is 4.02. The summed E-state index contributed by atoms with van der Waals surface area (Å²) in [6.07, 6.45) is 1.33. The second-order valence-corrected chi connectivity index (χ2v) is 9.50. The van der Waals surface area contributed by atoms with Crippen LogP contribution in [0.4, 0.5) is 0 Å². The van der Waals surface area contributed by atoms with Gasteiger partial charge < -0.3 is 10.1 Å². The first kappa shape index (κ1) is 20.8. The van der Waals surface area contributed by atoms with Gasteiger partial charge in [-0.25, -0.2) is 9.67 Å². The van der Waals surface area contributed by atoms with Gasteiger partial charge in [0.25, 0.3) is 5.56 Å². The lowest BCUT2D eigenvalue weighted by molar-refractivity contribution is 0.138. The molecule has 7 heteroatoms. The molecule has 3 aromatic rings. The van der Waals surface area contributed by atoms with Crippen molar-refractivity contribution in [3.05, 3.63) is 56.3 Å². The van der Waals surface area contributed by atoms with E-state index in [-0.39, 0.29) is 17.6 Å². The number of aryl methyl sites for hydroxylation is 3. The summed E-state index contributed by atoms with van der Waals surface area (Å²) in [5, 5.41) is 19.9. The first-order valence-corrected chi connectivity index (χ1v) is 10.6. The van der Waals surface area contributed by atoms with Gasteiger partial charge >= 0.3 is 0 Å². The first-order valence-electron chi connectivity index (χ1n) is 10.6. The van der Waals surface area contributed by atoms with E-state index in [1.54, 1.807) is 0 Å². The van der Waals surface area contributed by atoms with E-state index >= 15 is 0 Å². The van der Waals surface area contributed by atoms with Gasteiger partial charge in [0.15, 0.2) is 5.65 Å². The molecule has 3 aromatic heterocycles. The SMILES string of the molecule is Cc1cc(C)c(CNC(O)c2cc(C3CC3)nc3c2c(C)nn3C(C)(C)C)c(=O)[nH]1. The minimum absolute atomic E-state index is 0.123. The smallest absolute Gasteiger partial charge is 0.252 e. The molecular formula is C23H31N5O2. The molecule has 0 amide bonds. The van der Waals surface area contributed by atoms with Crippen molar-refractivity contribution in [1.29, 1.82) is 0 Å². The largest absolute Gasteiger partial charge is 0.374 e. The van der Waals surface area contributed by atoms with Gasteiger partial charge in [-0.1, -0.05) is 0 Å². The topological polar surface area (TPSA) is 95.8 Å². The minimum atomic E-state index is -0.926. The molecule has 3 heterocycles. The molecule has 30 heavy (non-hydrogen) atoms. The number of aliphatic hydroxyl groups is 1. The van der Waals surface area contributed by atoms with E-state index in [1.807, 2.05) is 37.6 Å². The van der Waals surface area contributed by atoms with Crippen LogP contribution >= 0.6 is 0 Å². The van der Waals surface area contributed by atoms with Gasteiger partial charge in [0.1, 0.15) is 6.23 Å². The van der Waals surface area contributed by atoms with Gasteiger partial charge in [-0.3, -0.25) is 10.1 Å². The lowest BCUT2D eigenvalue weighted by atomic mass is 10.0. The lowest BCUT2D eigenvalue weighted by Crippen LogP contribution is -2.27. The van der Waals surface area contributed by atoms with Crippen LogP contribution in [0.3, 0.4) is 0 Å². The number of aromatic nitrogens is 4. The summed E-state index contributed by atoms with van der Waals surface area (Å²) in [6, 6.07) is 3.95. The third-order valence-electron chi connectivity index (χ3n) is 5.75. The summed E-state index contributed by atoms with van der Waals surface area (Å²) < 4.78 is 1.95. The zero-order chi connectivity index (χ0) is 21.8. The number of H-pyrrole nitrogens is 1. The van der Waals surface area contributed by atoms with Crippen molar-refractivity contribution in [3.63, 3.8) is 0 Å². The van der Waals surface area contributed by atoms with Gasteiger partial charge in [-0.05, 0) is 72.1 Å². The number of aliphatic hydroxyl groups excluding tert-OH is 1. The average molecular weight is 410 g/mol. The Morgan fingerprint density at radius 2 is 1.97 bits per heavy atom. The highest BCUT2D eigenvalue weighted by molar-refractivity contribution is 5.83. The summed E-state index contributed by atoms with van der Waals surface area (Å²) in [5.41, 5.74) is 5.47. The van der Waals surface area contributed by atoms with Gasteiger partial charge in [0.2, 0.25) is 0 Å². The zero-order valence-corrected chi connectivity index (χ0v) is 18.6. The standard InChI is InChI=1S/C23H31N5O2/c1-12-9-13(2)25-22(30)17(12)11-24-21(29)16-10-18(15-7-8-15)26-20-19(16)14(3)27-28(20)23(4,5)6/h9-10,15,21,24,29H,7-8,11H2,1-6H3,(H,25,30). The highest BCUT2D eigenvalue weighted by Gasteiger charge is 2.30. The van der Waals surface area contributed by atoms with Crippen LogP contribution in [0, 0.1) is 20.8 Å². The Balaban J connectivity index is 1.74. The first-order chi connectivity index (χ1) is 14.1. The molecule has 1 aliphatic carbocycles. The maximum absolute atomic E-state index is 12.3. The molecule has 0 aliphatic heterocycles. The molecule has 1 aliphatic rings. The molecular weight excluding hydrogens is 378 g/mol. The third kappa shape index (κ3) is 3.79. The average Bonchev–Trinajstić information content (AvgIpc) is 3.43. The third-order valence-corrected chi connectivity index (χ3v) is 5.75. The predicted molar refractivity (Wildman–Crippen MR) is 118 cm³/mol. The van der Waals surface area contributed by atoms with E-state index in [2.05, 4.69) is 31.1 Å². The fraction of sp³-hybridized carbons (Fsp3) is 0.522. The summed E-state index contributed by atoms with van der Waals surface area (Å²) >= 11 is 0. The van der Waals surface area contributed by atoms with Crippen LogP contribution in [-0.4, -0.2) is 24.9 Å². The normalized spacial score (nSPS) is 15.7. The molecule has 160 valence electrons. The number of hydrogen-bond acceptors (Lipinski definition) is 5. The van der Waals surface area contributed by atoms with Gasteiger partial charge in [0, 0.05) is 40.4 Å². The number of fused-ring (bicyclic) bond motifs is 1. The molecule has 0 aromatic carbocycles. The van der Waals surface area contributed by atoms with Crippen LogP contribution in [-0.2, 0) is 12.1 Å². The number of pyridine rings is 2. The van der Waals surface area contributed by atoms with Crippen LogP contribution in [0.25, 0.3) is 11.0 Å².